The molecule has 0 amide bonds. The molecule has 0 aliphatic carbocycles. The molecule has 0 spiro atoms. The largest absolute Gasteiger partial charge is 0.457 e. The Morgan fingerprint density at radius 1 is 1.39 bits per heavy atom. The summed E-state index contributed by atoms with van der Waals surface area (Å²) in [5.74, 6) is -1.19. The minimum atomic E-state index is -0.620. The van der Waals surface area contributed by atoms with E-state index in [0.29, 0.717) is 0 Å². The number of aromatic nitrogens is 1. The van der Waals surface area contributed by atoms with Gasteiger partial charge in [0.05, 0.1) is 5.56 Å². The number of carbonyl (C=O) groups is 1. The lowest BCUT2D eigenvalue weighted by Gasteiger charge is -2.05. The highest BCUT2D eigenvalue weighted by Crippen LogP contribution is 2.12. The number of rotatable bonds is 3. The van der Waals surface area contributed by atoms with Crippen LogP contribution in [0.1, 0.15) is 15.9 Å². The summed E-state index contributed by atoms with van der Waals surface area (Å²) in [6, 6.07) is 7.11. The molecule has 0 fully saturated rings. The van der Waals surface area contributed by atoms with E-state index in [1.807, 2.05) is 0 Å². The molecule has 4 nitrogen and oxygen atoms in total. The zero-order valence-electron chi connectivity index (χ0n) is 9.47. The lowest BCUT2D eigenvalue weighted by atomic mass is 10.2. The molecule has 5 heteroatoms. The van der Waals surface area contributed by atoms with Gasteiger partial charge in [-0.05, 0) is 24.3 Å². The first kappa shape index (κ1) is 12.0. The summed E-state index contributed by atoms with van der Waals surface area (Å²) < 4.78 is 18.1. The molecule has 1 heterocycles. The minimum absolute atomic E-state index is 0.0864. The van der Waals surface area contributed by atoms with Crippen molar-refractivity contribution in [2.75, 3.05) is 5.73 Å². The van der Waals surface area contributed by atoms with Crippen molar-refractivity contribution in [3.8, 4) is 0 Å². The number of benzene rings is 1. The van der Waals surface area contributed by atoms with Gasteiger partial charge < -0.3 is 10.5 Å². The van der Waals surface area contributed by atoms with Crippen molar-refractivity contribution in [1.29, 1.82) is 0 Å². The SMILES string of the molecule is Nc1cc(F)cc(C(=O)OCc2cccnc2)c1. The molecule has 0 aliphatic rings. The minimum Gasteiger partial charge on any atom is -0.457 e. The van der Waals surface area contributed by atoms with Crippen molar-refractivity contribution in [3.63, 3.8) is 0 Å². The maximum absolute atomic E-state index is 13.1. The first-order valence-electron chi connectivity index (χ1n) is 5.27. The number of ether oxygens (including phenoxy) is 1. The Morgan fingerprint density at radius 3 is 2.89 bits per heavy atom. The van der Waals surface area contributed by atoms with E-state index in [0.717, 1.165) is 17.7 Å². The molecule has 2 rings (SSSR count). The standard InChI is InChI=1S/C13H11FN2O2/c14-11-4-10(5-12(15)6-11)13(17)18-8-9-2-1-3-16-7-9/h1-7H,8,15H2. The lowest BCUT2D eigenvalue weighted by molar-refractivity contribution is 0.0472. The molecule has 2 N–H and O–H groups in total. The van der Waals surface area contributed by atoms with Gasteiger partial charge in [0.2, 0.25) is 0 Å². The van der Waals surface area contributed by atoms with Crippen LogP contribution in [0, 0.1) is 5.82 Å². The second-order valence-electron chi connectivity index (χ2n) is 3.71. The molecule has 0 unspecified atom stereocenters. The monoisotopic (exact) mass is 246 g/mol. The van der Waals surface area contributed by atoms with E-state index in [9.17, 15) is 9.18 Å². The summed E-state index contributed by atoms with van der Waals surface area (Å²) in [5.41, 5.74) is 6.48. The Morgan fingerprint density at radius 2 is 2.22 bits per heavy atom. The highest BCUT2D eigenvalue weighted by Gasteiger charge is 2.09. The summed E-state index contributed by atoms with van der Waals surface area (Å²) in [5, 5.41) is 0. The number of anilines is 1. The summed E-state index contributed by atoms with van der Waals surface area (Å²) in [6.07, 6.45) is 3.21. The number of esters is 1. The van der Waals surface area contributed by atoms with Gasteiger partial charge in [-0.15, -0.1) is 0 Å². The van der Waals surface area contributed by atoms with Crippen LogP contribution in [0.3, 0.4) is 0 Å². The van der Waals surface area contributed by atoms with Crippen LogP contribution in [0.25, 0.3) is 0 Å². The molecular formula is C13H11FN2O2. The highest BCUT2D eigenvalue weighted by atomic mass is 19.1. The molecule has 0 aliphatic heterocycles. The average molecular weight is 246 g/mol. The number of nitrogens with two attached hydrogens (primary N) is 1. The maximum atomic E-state index is 13.1. The maximum Gasteiger partial charge on any atom is 0.338 e. The van der Waals surface area contributed by atoms with Gasteiger partial charge >= 0.3 is 5.97 Å². The molecule has 18 heavy (non-hydrogen) atoms. The number of hydrogen-bond donors (Lipinski definition) is 1. The van der Waals surface area contributed by atoms with Crippen LogP contribution < -0.4 is 5.73 Å². The van der Waals surface area contributed by atoms with Crippen molar-refractivity contribution < 1.29 is 13.9 Å². The second-order valence-corrected chi connectivity index (χ2v) is 3.71. The van der Waals surface area contributed by atoms with E-state index >= 15 is 0 Å². The van der Waals surface area contributed by atoms with Crippen LogP contribution in [0.5, 0.6) is 0 Å². The fraction of sp³-hybridized carbons (Fsp3) is 0.0769. The summed E-state index contributed by atoms with van der Waals surface area (Å²) >= 11 is 0. The van der Waals surface area contributed by atoms with Crippen LogP contribution in [-0.4, -0.2) is 11.0 Å². The lowest BCUT2D eigenvalue weighted by Crippen LogP contribution is -2.06. The van der Waals surface area contributed by atoms with Gasteiger partial charge in [-0.1, -0.05) is 6.07 Å². The predicted octanol–water partition coefficient (Wildman–Crippen LogP) is 2.16. The number of hydrogen-bond acceptors (Lipinski definition) is 4. The highest BCUT2D eigenvalue weighted by molar-refractivity contribution is 5.90. The Labute approximate surface area is 103 Å². The number of carbonyl (C=O) groups excluding carboxylic acids is 1. The van der Waals surface area contributed by atoms with Crippen molar-refractivity contribution in [3.05, 3.63) is 59.7 Å². The smallest absolute Gasteiger partial charge is 0.338 e. The van der Waals surface area contributed by atoms with E-state index < -0.39 is 11.8 Å². The van der Waals surface area contributed by atoms with Crippen LogP contribution in [0.15, 0.2) is 42.7 Å². The molecule has 0 saturated carbocycles. The number of pyridine rings is 1. The zero-order chi connectivity index (χ0) is 13.0. The van der Waals surface area contributed by atoms with Crippen LogP contribution in [0.4, 0.5) is 10.1 Å². The predicted molar refractivity (Wildman–Crippen MR) is 64.2 cm³/mol. The van der Waals surface area contributed by atoms with E-state index in [4.69, 9.17) is 10.5 Å². The normalized spacial score (nSPS) is 10.1. The molecule has 2 aromatic rings. The number of nitrogen functional groups attached to an aromatic ring is 1. The Kier molecular flexibility index (Phi) is 3.52. The molecule has 0 bridgehead atoms. The van der Waals surface area contributed by atoms with Gasteiger partial charge in [0.25, 0.3) is 0 Å². The van der Waals surface area contributed by atoms with Gasteiger partial charge in [-0.2, -0.15) is 0 Å². The van der Waals surface area contributed by atoms with Gasteiger partial charge in [0.15, 0.2) is 0 Å². The topological polar surface area (TPSA) is 65.2 Å². The van der Waals surface area contributed by atoms with Crippen LogP contribution in [0.2, 0.25) is 0 Å². The molecule has 1 aromatic heterocycles. The van der Waals surface area contributed by atoms with Gasteiger partial charge in [-0.25, -0.2) is 9.18 Å². The van der Waals surface area contributed by atoms with E-state index in [1.54, 1.807) is 24.5 Å². The van der Waals surface area contributed by atoms with Gasteiger partial charge in [0.1, 0.15) is 12.4 Å². The number of halogens is 1. The first-order valence-corrected chi connectivity index (χ1v) is 5.27. The molecule has 0 radical (unpaired) electrons. The third-order valence-electron chi connectivity index (χ3n) is 2.25. The second kappa shape index (κ2) is 5.27. The quantitative estimate of drug-likeness (QED) is 0.665. The summed E-state index contributed by atoms with van der Waals surface area (Å²) in [6.45, 7) is 0.0864. The van der Waals surface area contributed by atoms with Crippen molar-refractivity contribution >= 4 is 11.7 Å². The van der Waals surface area contributed by atoms with E-state index in [-0.39, 0.29) is 17.9 Å². The van der Waals surface area contributed by atoms with Crippen molar-refractivity contribution in [2.45, 2.75) is 6.61 Å². The van der Waals surface area contributed by atoms with Crippen LogP contribution >= 0.6 is 0 Å². The molecule has 0 atom stereocenters. The van der Waals surface area contributed by atoms with E-state index in [2.05, 4.69) is 4.98 Å². The fourth-order valence-corrected chi connectivity index (χ4v) is 1.45. The molecule has 92 valence electrons. The summed E-state index contributed by atoms with van der Waals surface area (Å²) in [4.78, 5) is 15.5. The van der Waals surface area contributed by atoms with Gasteiger partial charge in [0, 0.05) is 23.6 Å². The third kappa shape index (κ3) is 3.04. The molecule has 1 aromatic carbocycles. The molecular weight excluding hydrogens is 235 g/mol. The van der Waals surface area contributed by atoms with Crippen molar-refractivity contribution in [2.24, 2.45) is 0 Å². The van der Waals surface area contributed by atoms with E-state index in [1.165, 1.54) is 6.07 Å². The van der Waals surface area contributed by atoms with Gasteiger partial charge in [-0.3, -0.25) is 4.98 Å². The Bertz CT molecular complexity index is 538. The third-order valence-corrected chi connectivity index (χ3v) is 2.25. The Balaban J connectivity index is 2.04. The summed E-state index contributed by atoms with van der Waals surface area (Å²) in [7, 11) is 0. The van der Waals surface area contributed by atoms with Crippen LogP contribution in [-0.2, 0) is 11.3 Å². The van der Waals surface area contributed by atoms with Crippen molar-refractivity contribution in [1.82, 2.24) is 4.98 Å². The number of nitrogens with zero attached hydrogens (tertiary/aromatic N) is 1. The zero-order valence-corrected chi connectivity index (χ0v) is 9.47. The fourth-order valence-electron chi connectivity index (χ4n) is 1.45. The Hall–Kier alpha value is -2.43. The average Bonchev–Trinajstić information content (AvgIpc) is 2.36. The first-order chi connectivity index (χ1) is 8.65. The molecule has 0 saturated heterocycles.